The van der Waals surface area contributed by atoms with Crippen molar-refractivity contribution in [3.05, 3.63) is 60.4 Å². The van der Waals surface area contributed by atoms with Gasteiger partial charge in [-0.2, -0.15) is 0 Å². The Morgan fingerprint density at radius 1 is 1.26 bits per heavy atom. The molecule has 3 aromatic rings. The Hall–Kier alpha value is -2.73. The highest BCUT2D eigenvalue weighted by Crippen LogP contribution is 2.16. The van der Waals surface area contributed by atoms with Gasteiger partial charge < -0.3 is 15.6 Å². The summed E-state index contributed by atoms with van der Waals surface area (Å²) in [7, 11) is 1.77. The van der Waals surface area contributed by atoms with E-state index in [9.17, 15) is 4.79 Å². The van der Waals surface area contributed by atoms with Crippen molar-refractivity contribution >= 4 is 16.7 Å². The molecular formula is C17H19N5O. The fourth-order valence-electron chi connectivity index (χ4n) is 2.59. The lowest BCUT2D eigenvalue weighted by Gasteiger charge is -2.21. The van der Waals surface area contributed by atoms with E-state index in [1.807, 2.05) is 24.4 Å². The molecule has 0 saturated heterocycles. The molecule has 3 N–H and O–H groups in total. The molecule has 3 rings (SSSR count). The van der Waals surface area contributed by atoms with Crippen LogP contribution in [-0.2, 0) is 17.8 Å². The fourth-order valence-corrected chi connectivity index (χ4v) is 2.59. The monoisotopic (exact) mass is 309 g/mol. The molecule has 118 valence electrons. The van der Waals surface area contributed by atoms with Crippen LogP contribution in [0.1, 0.15) is 11.3 Å². The molecule has 6 heteroatoms. The second kappa shape index (κ2) is 6.58. The number of aromatic amines is 1. The number of hydrogen-bond acceptors (Lipinski definition) is 4. The van der Waals surface area contributed by atoms with E-state index in [-0.39, 0.29) is 5.91 Å². The molecule has 1 aromatic carbocycles. The van der Waals surface area contributed by atoms with Gasteiger partial charge in [-0.05, 0) is 23.1 Å². The van der Waals surface area contributed by atoms with E-state index in [4.69, 9.17) is 5.73 Å². The standard InChI is InChI=1S/C17H19N5O/c1-22(17(23)16(18)7-15-9-20-11-21-15)10-12-2-3-14-8-19-5-4-13(14)6-12/h2-6,8-9,11,16H,7,10,18H2,1H3,(H,20,21)/t16-/m0/s1. The Morgan fingerprint density at radius 3 is 2.91 bits per heavy atom. The Labute approximate surface area is 134 Å². The van der Waals surface area contributed by atoms with Crippen LogP contribution in [0, 0.1) is 0 Å². The molecule has 0 radical (unpaired) electrons. The van der Waals surface area contributed by atoms with Crippen molar-refractivity contribution in [2.24, 2.45) is 5.73 Å². The third kappa shape index (κ3) is 3.54. The van der Waals surface area contributed by atoms with E-state index in [2.05, 4.69) is 21.0 Å². The van der Waals surface area contributed by atoms with Gasteiger partial charge in [0, 0.05) is 49.7 Å². The summed E-state index contributed by atoms with van der Waals surface area (Å²) in [6, 6.07) is 7.48. The maximum Gasteiger partial charge on any atom is 0.239 e. The number of carbonyl (C=O) groups is 1. The smallest absolute Gasteiger partial charge is 0.239 e. The number of pyridine rings is 1. The number of nitrogens with one attached hydrogen (secondary N) is 1. The van der Waals surface area contributed by atoms with Crippen LogP contribution in [0.2, 0.25) is 0 Å². The number of hydrogen-bond donors (Lipinski definition) is 2. The highest BCUT2D eigenvalue weighted by molar-refractivity contribution is 5.83. The summed E-state index contributed by atoms with van der Waals surface area (Å²) in [6.45, 7) is 0.522. The lowest BCUT2D eigenvalue weighted by Crippen LogP contribution is -2.42. The molecule has 0 bridgehead atoms. The predicted molar refractivity (Wildman–Crippen MR) is 88.5 cm³/mol. The number of benzene rings is 1. The quantitative estimate of drug-likeness (QED) is 0.747. The molecule has 1 atom stereocenters. The second-order valence-corrected chi connectivity index (χ2v) is 5.64. The van der Waals surface area contributed by atoms with Crippen molar-refractivity contribution < 1.29 is 4.79 Å². The third-order valence-corrected chi connectivity index (χ3v) is 3.81. The molecule has 0 spiro atoms. The van der Waals surface area contributed by atoms with Crippen molar-refractivity contribution in [2.45, 2.75) is 19.0 Å². The van der Waals surface area contributed by atoms with Crippen LogP contribution in [0.4, 0.5) is 0 Å². The van der Waals surface area contributed by atoms with Gasteiger partial charge in [0.25, 0.3) is 0 Å². The summed E-state index contributed by atoms with van der Waals surface area (Å²) >= 11 is 0. The number of nitrogens with two attached hydrogens (primary N) is 1. The Balaban J connectivity index is 1.66. The van der Waals surface area contributed by atoms with Gasteiger partial charge in [-0.15, -0.1) is 0 Å². The summed E-state index contributed by atoms with van der Waals surface area (Å²) in [6.07, 6.45) is 7.31. The average molecular weight is 309 g/mol. The molecule has 23 heavy (non-hydrogen) atoms. The van der Waals surface area contributed by atoms with E-state index in [0.717, 1.165) is 22.0 Å². The van der Waals surface area contributed by atoms with Crippen LogP contribution in [0.15, 0.2) is 49.2 Å². The van der Waals surface area contributed by atoms with Crippen LogP contribution >= 0.6 is 0 Å². The van der Waals surface area contributed by atoms with E-state index in [0.29, 0.717) is 13.0 Å². The number of H-pyrrole nitrogens is 1. The average Bonchev–Trinajstić information content (AvgIpc) is 3.07. The summed E-state index contributed by atoms with van der Waals surface area (Å²) in [5.74, 6) is -0.0885. The molecule has 6 nitrogen and oxygen atoms in total. The van der Waals surface area contributed by atoms with Gasteiger partial charge in [0.1, 0.15) is 0 Å². The molecule has 2 heterocycles. The van der Waals surface area contributed by atoms with Gasteiger partial charge in [0.15, 0.2) is 0 Å². The Morgan fingerprint density at radius 2 is 2.13 bits per heavy atom. The van der Waals surface area contributed by atoms with Crippen molar-refractivity contribution in [3.63, 3.8) is 0 Å². The van der Waals surface area contributed by atoms with Crippen LogP contribution < -0.4 is 5.73 Å². The Bertz CT molecular complexity index is 800. The van der Waals surface area contributed by atoms with Gasteiger partial charge in [-0.1, -0.05) is 12.1 Å². The molecule has 0 saturated carbocycles. The first-order valence-corrected chi connectivity index (χ1v) is 7.44. The highest BCUT2D eigenvalue weighted by atomic mass is 16.2. The zero-order valence-electron chi connectivity index (χ0n) is 12.9. The summed E-state index contributed by atoms with van der Waals surface area (Å²) in [5, 5.41) is 2.20. The van der Waals surface area contributed by atoms with Crippen LogP contribution in [0.5, 0.6) is 0 Å². The number of fused-ring (bicyclic) bond motifs is 1. The topological polar surface area (TPSA) is 87.9 Å². The minimum absolute atomic E-state index is 0.0885. The van der Waals surface area contributed by atoms with Crippen molar-refractivity contribution in [1.29, 1.82) is 0 Å². The molecule has 0 unspecified atom stereocenters. The van der Waals surface area contributed by atoms with E-state index < -0.39 is 6.04 Å². The maximum atomic E-state index is 12.4. The largest absolute Gasteiger partial charge is 0.348 e. The van der Waals surface area contributed by atoms with Gasteiger partial charge in [0.2, 0.25) is 5.91 Å². The fraction of sp³-hybridized carbons (Fsp3) is 0.235. The molecular weight excluding hydrogens is 290 g/mol. The first-order chi connectivity index (χ1) is 11.1. The normalized spacial score (nSPS) is 12.3. The zero-order chi connectivity index (χ0) is 16.2. The van der Waals surface area contributed by atoms with E-state index in [1.165, 1.54) is 0 Å². The summed E-state index contributed by atoms with van der Waals surface area (Å²) in [5.41, 5.74) is 7.93. The lowest BCUT2D eigenvalue weighted by atomic mass is 10.1. The molecule has 0 fully saturated rings. The molecule has 0 aliphatic heterocycles. The van der Waals surface area contributed by atoms with Crippen LogP contribution in [0.3, 0.4) is 0 Å². The second-order valence-electron chi connectivity index (χ2n) is 5.64. The minimum Gasteiger partial charge on any atom is -0.348 e. The molecule has 1 amide bonds. The van der Waals surface area contributed by atoms with Gasteiger partial charge in [-0.3, -0.25) is 9.78 Å². The third-order valence-electron chi connectivity index (χ3n) is 3.81. The van der Waals surface area contributed by atoms with Gasteiger partial charge in [0.05, 0.1) is 12.4 Å². The van der Waals surface area contributed by atoms with Crippen LogP contribution in [0.25, 0.3) is 10.8 Å². The lowest BCUT2D eigenvalue weighted by molar-refractivity contribution is -0.131. The highest BCUT2D eigenvalue weighted by Gasteiger charge is 2.19. The number of rotatable bonds is 5. The SMILES string of the molecule is CN(Cc1ccc2cnccc2c1)C(=O)[C@@H](N)Cc1cnc[nH]1. The van der Waals surface area contributed by atoms with E-state index >= 15 is 0 Å². The molecule has 2 aromatic heterocycles. The zero-order valence-corrected chi connectivity index (χ0v) is 12.9. The molecule has 0 aliphatic rings. The number of likely N-dealkylation sites (N-methyl/N-ethyl adjacent to an activating group) is 1. The number of nitrogens with zero attached hydrogens (tertiary/aromatic N) is 3. The van der Waals surface area contributed by atoms with Crippen molar-refractivity contribution in [1.82, 2.24) is 19.9 Å². The first kappa shape index (κ1) is 15.2. The maximum absolute atomic E-state index is 12.4. The number of imidazole rings is 1. The summed E-state index contributed by atoms with van der Waals surface area (Å²) in [4.78, 5) is 25.1. The van der Waals surface area contributed by atoms with Gasteiger partial charge >= 0.3 is 0 Å². The first-order valence-electron chi connectivity index (χ1n) is 7.44. The Kier molecular flexibility index (Phi) is 4.34. The van der Waals surface area contributed by atoms with Crippen molar-refractivity contribution in [3.8, 4) is 0 Å². The number of carbonyl (C=O) groups excluding carboxylic acids is 1. The number of aromatic nitrogens is 3. The minimum atomic E-state index is -0.579. The van der Waals surface area contributed by atoms with Crippen LogP contribution in [-0.4, -0.2) is 38.8 Å². The van der Waals surface area contributed by atoms with Gasteiger partial charge in [-0.25, -0.2) is 4.98 Å². The molecule has 0 aliphatic carbocycles. The number of amides is 1. The van der Waals surface area contributed by atoms with Crippen molar-refractivity contribution in [2.75, 3.05) is 7.05 Å². The summed E-state index contributed by atoms with van der Waals surface area (Å²) < 4.78 is 0. The predicted octanol–water partition coefficient (Wildman–Crippen LogP) is 1.49. The van der Waals surface area contributed by atoms with E-state index in [1.54, 1.807) is 30.7 Å².